The third kappa shape index (κ3) is 3.59. The van der Waals surface area contributed by atoms with Crippen LogP contribution in [0.1, 0.15) is 23.9 Å². The van der Waals surface area contributed by atoms with Crippen molar-refractivity contribution in [3.8, 4) is 0 Å². The van der Waals surface area contributed by atoms with Crippen molar-refractivity contribution in [2.24, 2.45) is 0 Å². The van der Waals surface area contributed by atoms with Gasteiger partial charge in [-0.25, -0.2) is 13.2 Å². The van der Waals surface area contributed by atoms with Crippen LogP contribution in [0.4, 0.5) is 0 Å². The second-order valence-corrected chi connectivity index (χ2v) is 8.03. The number of benzene rings is 1. The van der Waals surface area contributed by atoms with Gasteiger partial charge in [0.05, 0.1) is 11.5 Å². The summed E-state index contributed by atoms with van der Waals surface area (Å²) in [7, 11) is -3.09. The van der Waals surface area contributed by atoms with Gasteiger partial charge < -0.3 is 14.5 Å². The molecule has 1 aliphatic heterocycles. The molecule has 0 aliphatic carbocycles. The molecule has 0 bridgehead atoms. The smallest absolute Gasteiger partial charge is 0.375 e. The zero-order valence-corrected chi connectivity index (χ0v) is 13.8. The van der Waals surface area contributed by atoms with E-state index in [1.165, 1.54) is 6.92 Å². The summed E-state index contributed by atoms with van der Waals surface area (Å²) in [5.74, 6) is -1.28. The molecule has 3 rings (SSSR count). The fourth-order valence-corrected chi connectivity index (χ4v) is 4.26. The monoisotopic (exact) mass is 351 g/mol. The third-order valence-corrected chi connectivity index (χ3v) is 5.63. The maximum atomic E-state index is 12.1. The average Bonchev–Trinajstić information content (AvgIpc) is 3.10. The fraction of sp³-hybridized carbons (Fsp3) is 0.375. The topological polar surface area (TPSA) is 103 Å². The lowest BCUT2D eigenvalue weighted by Gasteiger charge is -2.15. The lowest BCUT2D eigenvalue weighted by molar-refractivity contribution is -0.129. The highest BCUT2D eigenvalue weighted by Gasteiger charge is 2.31. The van der Waals surface area contributed by atoms with E-state index in [2.05, 4.69) is 5.32 Å². The number of carbonyl (C=O) groups is 2. The molecule has 2 atom stereocenters. The van der Waals surface area contributed by atoms with Crippen molar-refractivity contribution in [2.45, 2.75) is 25.5 Å². The van der Waals surface area contributed by atoms with E-state index in [0.717, 1.165) is 5.39 Å². The normalized spacial score (nSPS) is 20.6. The van der Waals surface area contributed by atoms with Crippen LogP contribution in [0.5, 0.6) is 0 Å². The molecular weight excluding hydrogens is 334 g/mol. The average molecular weight is 351 g/mol. The summed E-state index contributed by atoms with van der Waals surface area (Å²) in [6.07, 6.45) is -0.674. The summed E-state index contributed by atoms with van der Waals surface area (Å²) in [6.45, 7) is 1.43. The first-order chi connectivity index (χ1) is 11.3. The molecule has 1 N–H and O–H groups in total. The molecule has 0 saturated carbocycles. The highest BCUT2D eigenvalue weighted by Crippen LogP contribution is 2.20. The number of furan rings is 1. The lowest BCUT2D eigenvalue weighted by Crippen LogP contribution is -2.42. The number of hydrogen-bond acceptors (Lipinski definition) is 6. The number of rotatable bonds is 4. The first-order valence-corrected chi connectivity index (χ1v) is 9.36. The quantitative estimate of drug-likeness (QED) is 0.833. The Labute approximate surface area is 138 Å². The lowest BCUT2D eigenvalue weighted by atomic mass is 10.2. The van der Waals surface area contributed by atoms with Crippen LogP contribution in [0.3, 0.4) is 0 Å². The van der Waals surface area contributed by atoms with Gasteiger partial charge in [0.1, 0.15) is 5.58 Å². The van der Waals surface area contributed by atoms with Crippen LogP contribution in [0.25, 0.3) is 11.0 Å². The molecule has 1 fully saturated rings. The highest BCUT2D eigenvalue weighted by atomic mass is 32.2. The van der Waals surface area contributed by atoms with Gasteiger partial charge in [0.15, 0.2) is 15.9 Å². The highest BCUT2D eigenvalue weighted by molar-refractivity contribution is 7.91. The maximum Gasteiger partial charge on any atom is 0.375 e. The Morgan fingerprint density at radius 3 is 2.75 bits per heavy atom. The first-order valence-electron chi connectivity index (χ1n) is 7.54. The minimum atomic E-state index is -3.09. The van der Waals surface area contributed by atoms with E-state index in [-0.39, 0.29) is 17.3 Å². The van der Waals surface area contributed by atoms with Crippen LogP contribution in [-0.2, 0) is 19.4 Å². The molecule has 1 aliphatic rings. The Hall–Kier alpha value is -2.35. The van der Waals surface area contributed by atoms with Crippen LogP contribution < -0.4 is 5.32 Å². The molecule has 128 valence electrons. The van der Waals surface area contributed by atoms with Crippen LogP contribution in [0.2, 0.25) is 0 Å². The Morgan fingerprint density at radius 1 is 1.33 bits per heavy atom. The zero-order chi connectivity index (χ0) is 17.3. The van der Waals surface area contributed by atoms with E-state index in [4.69, 9.17) is 9.15 Å². The Kier molecular flexibility index (Phi) is 4.31. The molecule has 0 spiro atoms. The maximum absolute atomic E-state index is 12.1. The van der Waals surface area contributed by atoms with Gasteiger partial charge in [-0.05, 0) is 25.5 Å². The fourth-order valence-electron chi connectivity index (χ4n) is 2.58. The summed E-state index contributed by atoms with van der Waals surface area (Å²) in [5.41, 5.74) is 0.553. The largest absolute Gasteiger partial charge is 0.449 e. The number of nitrogens with one attached hydrogen (secondary N) is 1. The molecule has 24 heavy (non-hydrogen) atoms. The summed E-state index contributed by atoms with van der Waals surface area (Å²) >= 11 is 0. The number of esters is 1. The number of ether oxygens (including phenoxy) is 1. The van der Waals surface area contributed by atoms with E-state index in [9.17, 15) is 18.0 Å². The SMILES string of the molecule is C[C@@H](OC(=O)c1cc2ccccc2o1)C(=O)N[C@@H]1CCS(=O)(=O)C1. The van der Waals surface area contributed by atoms with E-state index >= 15 is 0 Å². The standard InChI is InChI=1S/C16H17NO6S/c1-10(15(18)17-12-6-7-24(20,21)9-12)22-16(19)14-8-11-4-2-3-5-13(11)23-14/h2-5,8,10,12H,6-7,9H2,1H3,(H,17,18)/t10-,12-/m1/s1. The first kappa shape index (κ1) is 16.5. The number of carbonyl (C=O) groups excluding carboxylic acids is 2. The van der Waals surface area contributed by atoms with Gasteiger partial charge in [0.25, 0.3) is 5.91 Å². The Bertz CT molecular complexity index is 852. The third-order valence-electron chi connectivity index (χ3n) is 3.86. The number of fused-ring (bicyclic) bond motifs is 1. The van der Waals surface area contributed by atoms with Crippen molar-refractivity contribution in [1.82, 2.24) is 5.32 Å². The van der Waals surface area contributed by atoms with Crippen LogP contribution in [-0.4, -0.2) is 43.9 Å². The van der Waals surface area contributed by atoms with Crippen molar-refractivity contribution < 1.29 is 27.2 Å². The zero-order valence-electron chi connectivity index (χ0n) is 13.0. The Balaban J connectivity index is 1.60. The van der Waals surface area contributed by atoms with Crippen molar-refractivity contribution in [3.05, 3.63) is 36.1 Å². The van der Waals surface area contributed by atoms with E-state index in [1.807, 2.05) is 6.07 Å². The van der Waals surface area contributed by atoms with Crippen LogP contribution in [0, 0.1) is 0 Å². The van der Waals surface area contributed by atoms with Gasteiger partial charge in [-0.2, -0.15) is 0 Å². The minimum Gasteiger partial charge on any atom is -0.449 e. The number of amides is 1. The molecule has 1 amide bonds. The molecule has 2 heterocycles. The molecule has 1 saturated heterocycles. The minimum absolute atomic E-state index is 0.0132. The Morgan fingerprint density at radius 2 is 2.08 bits per heavy atom. The molecule has 8 heteroatoms. The summed E-state index contributed by atoms with van der Waals surface area (Å²) < 4.78 is 33.3. The summed E-state index contributed by atoms with van der Waals surface area (Å²) in [5, 5.41) is 3.35. The number of para-hydroxylation sites is 1. The summed E-state index contributed by atoms with van der Waals surface area (Å²) in [6, 6.07) is 8.24. The van der Waals surface area contributed by atoms with Gasteiger partial charge in [-0.1, -0.05) is 18.2 Å². The molecule has 1 aromatic heterocycles. The number of hydrogen-bond donors (Lipinski definition) is 1. The van der Waals surface area contributed by atoms with E-state index in [0.29, 0.717) is 12.0 Å². The van der Waals surface area contributed by atoms with Crippen molar-refractivity contribution in [3.63, 3.8) is 0 Å². The van der Waals surface area contributed by atoms with Crippen molar-refractivity contribution in [2.75, 3.05) is 11.5 Å². The second-order valence-electron chi connectivity index (χ2n) is 5.80. The van der Waals surface area contributed by atoms with E-state index < -0.39 is 33.9 Å². The van der Waals surface area contributed by atoms with Gasteiger partial charge >= 0.3 is 5.97 Å². The predicted molar refractivity (Wildman–Crippen MR) is 86.3 cm³/mol. The second kappa shape index (κ2) is 6.27. The van der Waals surface area contributed by atoms with Gasteiger partial charge in [-0.3, -0.25) is 4.79 Å². The van der Waals surface area contributed by atoms with Gasteiger partial charge in [0, 0.05) is 11.4 Å². The molecule has 1 aromatic carbocycles. The van der Waals surface area contributed by atoms with Crippen LogP contribution in [0.15, 0.2) is 34.7 Å². The van der Waals surface area contributed by atoms with E-state index in [1.54, 1.807) is 24.3 Å². The van der Waals surface area contributed by atoms with Gasteiger partial charge in [0.2, 0.25) is 5.76 Å². The molecule has 0 radical (unpaired) electrons. The van der Waals surface area contributed by atoms with Gasteiger partial charge in [-0.15, -0.1) is 0 Å². The van der Waals surface area contributed by atoms with Crippen molar-refractivity contribution >= 4 is 32.7 Å². The summed E-state index contributed by atoms with van der Waals surface area (Å²) in [4.78, 5) is 24.1. The predicted octanol–water partition coefficient (Wildman–Crippen LogP) is 1.28. The van der Waals surface area contributed by atoms with Crippen LogP contribution >= 0.6 is 0 Å². The molecule has 0 unspecified atom stereocenters. The molecule has 2 aromatic rings. The van der Waals surface area contributed by atoms with Crippen molar-refractivity contribution in [1.29, 1.82) is 0 Å². The molecule has 7 nitrogen and oxygen atoms in total. The number of sulfone groups is 1. The molecular formula is C16H17NO6S.